The monoisotopic (exact) mass is 355 g/mol. The zero-order valence-corrected chi connectivity index (χ0v) is 14.0. The highest BCUT2D eigenvalue weighted by atomic mass is 16.4. The van der Waals surface area contributed by atoms with E-state index in [9.17, 15) is 5.11 Å². The third kappa shape index (κ3) is 2.32. The first-order valence-electron chi connectivity index (χ1n) is 8.33. The number of aromatic amines is 1. The summed E-state index contributed by atoms with van der Waals surface area (Å²) in [5.41, 5.74) is 3.81. The Kier molecular flexibility index (Phi) is 3.32. The van der Waals surface area contributed by atoms with Gasteiger partial charge in [0.15, 0.2) is 11.6 Å². The van der Waals surface area contributed by atoms with Gasteiger partial charge in [-0.25, -0.2) is 9.97 Å². The molecular formula is C20H13N5O2. The summed E-state index contributed by atoms with van der Waals surface area (Å²) in [6.07, 6.45) is 3.55. The molecule has 0 fully saturated rings. The van der Waals surface area contributed by atoms with E-state index in [1.54, 1.807) is 30.5 Å². The standard InChI is InChI=1S/C20H13N5O2/c21-9-12-1-3-13(4-2-12)25-18-15-7-8-22-19(15)23-10-16(18)24-20(25)17-6-5-14(11-26)27-17/h1-8,10,26H,11H2,(H,22,23). The van der Waals surface area contributed by atoms with Gasteiger partial charge in [-0.15, -0.1) is 0 Å². The molecule has 0 saturated heterocycles. The molecule has 0 saturated carbocycles. The zero-order valence-electron chi connectivity index (χ0n) is 14.0. The third-order valence-corrected chi connectivity index (χ3v) is 4.49. The van der Waals surface area contributed by atoms with Gasteiger partial charge >= 0.3 is 0 Å². The van der Waals surface area contributed by atoms with Crippen LogP contribution in [-0.4, -0.2) is 24.6 Å². The van der Waals surface area contributed by atoms with Gasteiger partial charge in [0.05, 0.1) is 23.3 Å². The van der Waals surface area contributed by atoms with Crippen molar-refractivity contribution in [3.8, 4) is 23.3 Å². The van der Waals surface area contributed by atoms with E-state index in [4.69, 9.17) is 14.7 Å². The van der Waals surface area contributed by atoms with E-state index in [1.807, 2.05) is 29.0 Å². The van der Waals surface area contributed by atoms with E-state index in [2.05, 4.69) is 16.0 Å². The molecule has 5 aromatic rings. The predicted molar refractivity (Wildman–Crippen MR) is 99.1 cm³/mol. The summed E-state index contributed by atoms with van der Waals surface area (Å²) < 4.78 is 7.72. The molecule has 0 bridgehead atoms. The minimum absolute atomic E-state index is 0.180. The largest absolute Gasteiger partial charge is 0.455 e. The molecule has 5 rings (SSSR count). The molecule has 0 atom stereocenters. The van der Waals surface area contributed by atoms with Crippen molar-refractivity contribution in [2.75, 3.05) is 0 Å². The molecule has 130 valence electrons. The summed E-state index contributed by atoms with van der Waals surface area (Å²) in [5.74, 6) is 1.61. The predicted octanol–water partition coefficient (Wildman–Crippen LogP) is 3.53. The Hall–Kier alpha value is -3.89. The fourth-order valence-electron chi connectivity index (χ4n) is 3.25. The number of aliphatic hydroxyl groups is 1. The zero-order chi connectivity index (χ0) is 18.4. The first-order valence-corrected chi connectivity index (χ1v) is 8.33. The van der Waals surface area contributed by atoms with Crippen molar-refractivity contribution in [2.24, 2.45) is 0 Å². The lowest BCUT2D eigenvalue weighted by molar-refractivity contribution is 0.248. The van der Waals surface area contributed by atoms with Gasteiger partial charge in [0.25, 0.3) is 0 Å². The lowest BCUT2D eigenvalue weighted by atomic mass is 10.2. The number of hydrogen-bond donors (Lipinski definition) is 2. The van der Waals surface area contributed by atoms with Crippen LogP contribution < -0.4 is 0 Å². The first kappa shape index (κ1) is 15.4. The van der Waals surface area contributed by atoms with Gasteiger partial charge < -0.3 is 14.5 Å². The van der Waals surface area contributed by atoms with Crippen LogP contribution in [0.3, 0.4) is 0 Å². The lowest BCUT2D eigenvalue weighted by Crippen LogP contribution is -1.97. The van der Waals surface area contributed by atoms with Crippen molar-refractivity contribution in [3.05, 3.63) is 66.2 Å². The fourth-order valence-corrected chi connectivity index (χ4v) is 3.25. The average molecular weight is 355 g/mol. The summed E-state index contributed by atoms with van der Waals surface area (Å²) in [7, 11) is 0. The van der Waals surface area contributed by atoms with Crippen LogP contribution >= 0.6 is 0 Å². The lowest BCUT2D eigenvalue weighted by Gasteiger charge is -2.09. The van der Waals surface area contributed by atoms with E-state index in [0.717, 1.165) is 27.8 Å². The van der Waals surface area contributed by atoms with Gasteiger partial charge in [-0.2, -0.15) is 5.26 Å². The topological polar surface area (TPSA) is 104 Å². The Labute approximate surface area is 153 Å². The Balaban J connectivity index is 1.87. The number of nitriles is 1. The molecule has 0 unspecified atom stereocenters. The van der Waals surface area contributed by atoms with Crippen LogP contribution in [0.25, 0.3) is 39.3 Å². The molecule has 0 aliphatic heterocycles. The molecular weight excluding hydrogens is 342 g/mol. The Morgan fingerprint density at radius 1 is 1.15 bits per heavy atom. The second-order valence-corrected chi connectivity index (χ2v) is 6.09. The van der Waals surface area contributed by atoms with Crippen LogP contribution in [0.1, 0.15) is 11.3 Å². The van der Waals surface area contributed by atoms with E-state index >= 15 is 0 Å². The number of fused-ring (bicyclic) bond motifs is 3. The van der Waals surface area contributed by atoms with Crippen LogP contribution in [0.5, 0.6) is 0 Å². The minimum atomic E-state index is -0.180. The maximum Gasteiger partial charge on any atom is 0.181 e. The van der Waals surface area contributed by atoms with Gasteiger partial charge in [0, 0.05) is 17.3 Å². The molecule has 7 heteroatoms. The molecule has 1 aromatic carbocycles. The fraction of sp³-hybridized carbons (Fsp3) is 0.0500. The van der Waals surface area contributed by atoms with Crippen LogP contribution in [0.15, 0.2) is 59.3 Å². The average Bonchev–Trinajstić information content (AvgIpc) is 3.43. The molecule has 4 heterocycles. The number of pyridine rings is 1. The molecule has 27 heavy (non-hydrogen) atoms. The molecule has 0 aliphatic carbocycles. The van der Waals surface area contributed by atoms with E-state index in [0.29, 0.717) is 22.9 Å². The molecule has 0 spiro atoms. The highest BCUT2D eigenvalue weighted by molar-refractivity contribution is 6.03. The number of aliphatic hydroxyl groups excluding tert-OH is 1. The smallest absolute Gasteiger partial charge is 0.181 e. The summed E-state index contributed by atoms with van der Waals surface area (Å²) in [6.45, 7) is -0.180. The van der Waals surface area contributed by atoms with E-state index < -0.39 is 0 Å². The minimum Gasteiger partial charge on any atom is -0.455 e. The number of nitrogens with one attached hydrogen (secondary N) is 1. The molecule has 2 N–H and O–H groups in total. The number of imidazole rings is 1. The SMILES string of the molecule is N#Cc1ccc(-n2c(-c3ccc(CO)o3)nc3cnc4[nH]ccc4c32)cc1. The van der Waals surface area contributed by atoms with Crippen molar-refractivity contribution in [2.45, 2.75) is 6.61 Å². The van der Waals surface area contributed by atoms with Crippen molar-refractivity contribution in [1.82, 2.24) is 19.5 Å². The van der Waals surface area contributed by atoms with Crippen LogP contribution in [0.2, 0.25) is 0 Å². The summed E-state index contributed by atoms with van der Waals surface area (Å²) in [6, 6.07) is 14.9. The quantitative estimate of drug-likeness (QED) is 0.515. The Morgan fingerprint density at radius 2 is 2.00 bits per heavy atom. The number of benzene rings is 1. The van der Waals surface area contributed by atoms with Gasteiger partial charge in [-0.1, -0.05) is 0 Å². The molecule has 0 aliphatic rings. The van der Waals surface area contributed by atoms with Crippen molar-refractivity contribution < 1.29 is 9.52 Å². The number of H-pyrrole nitrogens is 1. The number of aromatic nitrogens is 4. The normalized spacial score (nSPS) is 11.3. The van der Waals surface area contributed by atoms with E-state index in [-0.39, 0.29) is 6.61 Å². The van der Waals surface area contributed by atoms with Crippen LogP contribution in [-0.2, 0) is 6.61 Å². The molecule has 4 aromatic heterocycles. The number of furan rings is 1. The number of hydrogen-bond acceptors (Lipinski definition) is 5. The summed E-state index contributed by atoms with van der Waals surface area (Å²) >= 11 is 0. The van der Waals surface area contributed by atoms with Crippen molar-refractivity contribution >= 4 is 22.1 Å². The summed E-state index contributed by atoms with van der Waals surface area (Å²) in [5, 5.41) is 19.4. The maximum absolute atomic E-state index is 9.33. The molecule has 0 amide bonds. The van der Waals surface area contributed by atoms with Crippen LogP contribution in [0.4, 0.5) is 0 Å². The van der Waals surface area contributed by atoms with Gasteiger partial charge in [0.2, 0.25) is 0 Å². The second-order valence-electron chi connectivity index (χ2n) is 6.09. The van der Waals surface area contributed by atoms with Gasteiger partial charge in [-0.05, 0) is 42.5 Å². The number of rotatable bonds is 3. The van der Waals surface area contributed by atoms with E-state index in [1.165, 1.54) is 0 Å². The highest BCUT2D eigenvalue weighted by Gasteiger charge is 2.20. The summed E-state index contributed by atoms with van der Waals surface area (Å²) in [4.78, 5) is 12.3. The Morgan fingerprint density at radius 3 is 2.74 bits per heavy atom. The molecule has 0 radical (unpaired) electrons. The number of nitrogens with zero attached hydrogens (tertiary/aromatic N) is 4. The maximum atomic E-state index is 9.33. The Bertz CT molecular complexity index is 1320. The highest BCUT2D eigenvalue weighted by Crippen LogP contribution is 2.33. The van der Waals surface area contributed by atoms with Gasteiger partial charge in [0.1, 0.15) is 23.5 Å². The van der Waals surface area contributed by atoms with Crippen molar-refractivity contribution in [3.63, 3.8) is 0 Å². The molecule has 7 nitrogen and oxygen atoms in total. The van der Waals surface area contributed by atoms with Gasteiger partial charge in [-0.3, -0.25) is 4.57 Å². The van der Waals surface area contributed by atoms with Crippen LogP contribution in [0, 0.1) is 11.3 Å². The second kappa shape index (κ2) is 5.83. The van der Waals surface area contributed by atoms with Crippen molar-refractivity contribution in [1.29, 1.82) is 5.26 Å². The third-order valence-electron chi connectivity index (χ3n) is 4.49. The first-order chi connectivity index (χ1) is 13.3.